The summed E-state index contributed by atoms with van der Waals surface area (Å²) in [6.45, 7) is 5.79. The molecule has 5 heteroatoms. The number of benzene rings is 2. The van der Waals surface area contributed by atoms with Crippen LogP contribution in [0.2, 0.25) is 5.02 Å². The van der Waals surface area contributed by atoms with Crippen molar-refractivity contribution in [2.45, 2.75) is 52.1 Å². The topological polar surface area (TPSA) is 43.8 Å². The Hall–Kier alpha value is -2.72. The van der Waals surface area contributed by atoms with Crippen LogP contribution in [-0.4, -0.2) is 33.6 Å². The Balaban J connectivity index is 1.88. The summed E-state index contributed by atoms with van der Waals surface area (Å²) < 4.78 is 0. The van der Waals surface area contributed by atoms with Gasteiger partial charge in [0, 0.05) is 35.8 Å². The minimum Gasteiger partial charge on any atom is -0.478 e. The maximum atomic E-state index is 12.0. The van der Waals surface area contributed by atoms with Crippen molar-refractivity contribution in [3.63, 3.8) is 0 Å². The first-order valence-corrected chi connectivity index (χ1v) is 11.3. The maximum Gasteiger partial charge on any atom is 0.331 e. The van der Waals surface area contributed by atoms with Crippen molar-refractivity contribution >= 4 is 17.6 Å². The number of halogens is 1. The van der Waals surface area contributed by atoms with E-state index >= 15 is 0 Å². The van der Waals surface area contributed by atoms with Crippen LogP contribution in [0.1, 0.15) is 44.2 Å². The van der Waals surface area contributed by atoms with Crippen LogP contribution >= 0.6 is 11.6 Å². The van der Waals surface area contributed by atoms with Crippen LogP contribution < -0.4 is 0 Å². The van der Waals surface area contributed by atoms with Gasteiger partial charge < -0.3 is 14.9 Å². The van der Waals surface area contributed by atoms with Gasteiger partial charge in [0.2, 0.25) is 0 Å². The molecular formula is C26H31ClN2O2. The Morgan fingerprint density at radius 3 is 2.55 bits per heavy atom. The molecule has 1 aliphatic rings. The van der Waals surface area contributed by atoms with Gasteiger partial charge in [-0.3, -0.25) is 0 Å². The number of allylic oxidation sites excluding steroid dienone is 1. The monoisotopic (exact) mass is 438 g/mol. The summed E-state index contributed by atoms with van der Waals surface area (Å²) in [6.07, 6.45) is 7.76. The van der Waals surface area contributed by atoms with E-state index in [0.29, 0.717) is 24.6 Å². The fourth-order valence-corrected chi connectivity index (χ4v) is 3.98. The molecule has 4 nitrogen and oxygen atoms in total. The molecule has 0 amide bonds. The molecule has 0 fully saturated rings. The second-order valence-electron chi connectivity index (χ2n) is 8.13. The van der Waals surface area contributed by atoms with Crippen molar-refractivity contribution in [1.82, 2.24) is 9.80 Å². The number of carboxylic acids is 1. The van der Waals surface area contributed by atoms with Gasteiger partial charge in [0.1, 0.15) is 0 Å². The van der Waals surface area contributed by atoms with Gasteiger partial charge in [-0.25, -0.2) is 4.79 Å². The highest BCUT2D eigenvalue weighted by Crippen LogP contribution is 2.27. The van der Waals surface area contributed by atoms with E-state index in [2.05, 4.69) is 29.8 Å². The third-order valence-electron chi connectivity index (χ3n) is 5.69. The number of carbonyl (C=O) groups is 1. The fourth-order valence-electron chi connectivity index (χ4n) is 3.79. The first-order chi connectivity index (χ1) is 15.0. The molecule has 0 spiro atoms. The summed E-state index contributed by atoms with van der Waals surface area (Å²) in [7, 11) is 0. The third-order valence-corrected chi connectivity index (χ3v) is 6.06. The Morgan fingerprint density at radius 2 is 1.87 bits per heavy atom. The molecule has 164 valence electrons. The first kappa shape index (κ1) is 23.0. The molecule has 2 aromatic rings. The largest absolute Gasteiger partial charge is 0.478 e. The van der Waals surface area contributed by atoms with Crippen LogP contribution in [0, 0.1) is 0 Å². The average Bonchev–Trinajstić information content (AvgIpc) is 3.16. The molecule has 0 saturated carbocycles. The average molecular weight is 439 g/mol. The standard InChI is InChI=1S/C26H31ClN2O2/c1-3-4-10-20(2)28-18-24(29(19-28)17-22-13-8-9-14-25(22)27)16-23(26(30)31)15-21-11-6-5-7-12-21/h5-9,11-14,16,18,20H,3-4,10,15,17,19H2,1-2H3,(H,30,31). The van der Waals surface area contributed by atoms with Crippen LogP contribution in [0.15, 0.2) is 78.1 Å². The molecule has 0 aliphatic carbocycles. The lowest BCUT2D eigenvalue weighted by Crippen LogP contribution is -2.32. The minimum atomic E-state index is -0.889. The second-order valence-corrected chi connectivity index (χ2v) is 8.53. The smallest absolute Gasteiger partial charge is 0.331 e. The predicted molar refractivity (Wildman–Crippen MR) is 127 cm³/mol. The first-order valence-electron chi connectivity index (χ1n) is 10.9. The van der Waals surface area contributed by atoms with E-state index in [-0.39, 0.29) is 0 Å². The Bertz CT molecular complexity index is 939. The van der Waals surface area contributed by atoms with Gasteiger partial charge in [-0.05, 0) is 36.6 Å². The molecule has 3 rings (SSSR count). The Kier molecular flexibility index (Phi) is 8.19. The molecule has 31 heavy (non-hydrogen) atoms. The van der Waals surface area contributed by atoms with Gasteiger partial charge in [-0.2, -0.15) is 0 Å². The zero-order valence-electron chi connectivity index (χ0n) is 18.3. The Morgan fingerprint density at radius 1 is 1.16 bits per heavy atom. The van der Waals surface area contributed by atoms with Crippen molar-refractivity contribution in [3.05, 3.63) is 94.3 Å². The van der Waals surface area contributed by atoms with Gasteiger partial charge in [-0.15, -0.1) is 0 Å². The van der Waals surface area contributed by atoms with Crippen LogP contribution in [0.5, 0.6) is 0 Å². The third kappa shape index (κ3) is 6.38. The molecule has 1 heterocycles. The Labute approximate surface area is 190 Å². The lowest BCUT2D eigenvalue weighted by molar-refractivity contribution is -0.132. The summed E-state index contributed by atoms with van der Waals surface area (Å²) >= 11 is 6.41. The fraction of sp³-hybridized carbons (Fsp3) is 0.346. The normalized spacial score (nSPS) is 15.2. The number of nitrogens with zero attached hydrogens (tertiary/aromatic N) is 2. The van der Waals surface area contributed by atoms with Gasteiger partial charge >= 0.3 is 5.97 Å². The highest BCUT2D eigenvalue weighted by Gasteiger charge is 2.25. The molecule has 1 N–H and O–H groups in total. The zero-order chi connectivity index (χ0) is 22.2. The van der Waals surface area contributed by atoms with Crippen LogP contribution in [0.25, 0.3) is 0 Å². The molecule has 0 radical (unpaired) electrons. The number of carboxylic acid groups (broad SMARTS) is 1. The quantitative estimate of drug-likeness (QED) is 0.456. The number of hydrogen-bond donors (Lipinski definition) is 1. The second kappa shape index (κ2) is 11.1. The van der Waals surface area contributed by atoms with Crippen molar-refractivity contribution in [3.8, 4) is 0 Å². The highest BCUT2D eigenvalue weighted by atomic mass is 35.5. The van der Waals surface area contributed by atoms with E-state index in [0.717, 1.165) is 41.4 Å². The van der Waals surface area contributed by atoms with E-state index in [1.54, 1.807) is 0 Å². The number of rotatable bonds is 10. The zero-order valence-corrected chi connectivity index (χ0v) is 19.1. The molecule has 0 saturated heterocycles. The van der Waals surface area contributed by atoms with Crippen molar-refractivity contribution in [2.75, 3.05) is 6.67 Å². The van der Waals surface area contributed by atoms with E-state index in [1.165, 1.54) is 6.42 Å². The number of aliphatic carboxylic acids is 1. The summed E-state index contributed by atoms with van der Waals surface area (Å²) in [5.41, 5.74) is 3.31. The van der Waals surface area contributed by atoms with Crippen LogP contribution in [-0.2, 0) is 17.8 Å². The summed E-state index contributed by atoms with van der Waals surface area (Å²) in [4.78, 5) is 16.5. The van der Waals surface area contributed by atoms with E-state index in [9.17, 15) is 9.90 Å². The lowest BCUT2D eigenvalue weighted by atomic mass is 10.0. The highest BCUT2D eigenvalue weighted by molar-refractivity contribution is 6.31. The summed E-state index contributed by atoms with van der Waals surface area (Å²) in [5.74, 6) is -0.889. The van der Waals surface area contributed by atoms with E-state index in [4.69, 9.17) is 11.6 Å². The van der Waals surface area contributed by atoms with E-state index in [1.807, 2.05) is 60.7 Å². The van der Waals surface area contributed by atoms with Gasteiger partial charge in [0.05, 0.1) is 12.4 Å². The maximum absolute atomic E-state index is 12.0. The lowest BCUT2D eigenvalue weighted by Gasteiger charge is -2.28. The number of hydrogen-bond acceptors (Lipinski definition) is 3. The van der Waals surface area contributed by atoms with Crippen LogP contribution in [0.4, 0.5) is 0 Å². The minimum absolute atomic E-state index is 0.379. The molecule has 1 atom stereocenters. The molecule has 1 aliphatic heterocycles. The van der Waals surface area contributed by atoms with Crippen molar-refractivity contribution < 1.29 is 9.90 Å². The molecule has 0 aromatic heterocycles. The molecule has 2 aromatic carbocycles. The summed E-state index contributed by atoms with van der Waals surface area (Å²) in [6, 6.07) is 17.9. The van der Waals surface area contributed by atoms with Gasteiger partial charge in [0.25, 0.3) is 0 Å². The number of unbranched alkanes of at least 4 members (excludes halogenated alkanes) is 1. The SMILES string of the molecule is CCCCC(C)N1C=C(C=C(Cc2ccccc2)C(=O)O)N(Cc2ccccc2Cl)C1. The predicted octanol–water partition coefficient (Wildman–Crippen LogP) is 6.09. The van der Waals surface area contributed by atoms with Crippen molar-refractivity contribution in [2.24, 2.45) is 0 Å². The van der Waals surface area contributed by atoms with Crippen LogP contribution in [0.3, 0.4) is 0 Å². The van der Waals surface area contributed by atoms with Gasteiger partial charge in [-0.1, -0.05) is 79.9 Å². The van der Waals surface area contributed by atoms with Gasteiger partial charge in [0.15, 0.2) is 0 Å². The van der Waals surface area contributed by atoms with Crippen molar-refractivity contribution in [1.29, 1.82) is 0 Å². The summed E-state index contributed by atoms with van der Waals surface area (Å²) in [5, 5.41) is 10.6. The molecule has 0 bridgehead atoms. The molecule has 1 unspecified atom stereocenters. The molecular weight excluding hydrogens is 408 g/mol. The van der Waals surface area contributed by atoms with E-state index < -0.39 is 5.97 Å².